The van der Waals surface area contributed by atoms with E-state index in [1.807, 2.05) is 12.1 Å². The van der Waals surface area contributed by atoms with Crippen molar-refractivity contribution in [2.24, 2.45) is 0 Å². The van der Waals surface area contributed by atoms with Crippen molar-refractivity contribution in [3.63, 3.8) is 0 Å². The number of thioether (sulfide) groups is 1. The molecule has 1 aliphatic rings. The van der Waals surface area contributed by atoms with Gasteiger partial charge in [0, 0.05) is 16.9 Å². The highest BCUT2D eigenvalue weighted by Gasteiger charge is 2.25. The molecular formula is C13H12ClNO2S. The fraction of sp³-hybridized carbons (Fsp3) is 0.231. The Morgan fingerprint density at radius 2 is 2.11 bits per heavy atom. The first-order valence-electron chi connectivity index (χ1n) is 5.56. The Kier molecular flexibility index (Phi) is 4.44. The summed E-state index contributed by atoms with van der Waals surface area (Å²) in [6.07, 6.45) is 3.84. The summed E-state index contributed by atoms with van der Waals surface area (Å²) < 4.78 is 0. The van der Waals surface area contributed by atoms with Crippen LogP contribution in [0, 0.1) is 0 Å². The average Bonchev–Trinajstić information content (AvgIpc) is 2.74. The molecule has 94 valence electrons. The van der Waals surface area contributed by atoms with Crippen LogP contribution in [-0.4, -0.2) is 22.8 Å². The van der Waals surface area contributed by atoms with Crippen molar-refractivity contribution in [3.05, 3.63) is 40.9 Å². The third-order valence-electron chi connectivity index (χ3n) is 2.55. The number of carbonyl (C=O) groups is 2. The summed E-state index contributed by atoms with van der Waals surface area (Å²) in [6.45, 7) is 0. The highest BCUT2D eigenvalue weighted by atomic mass is 35.5. The topological polar surface area (TPSA) is 46.2 Å². The largest absolute Gasteiger partial charge is 0.342 e. The maximum atomic E-state index is 11.6. The minimum Gasteiger partial charge on any atom is -0.342 e. The van der Waals surface area contributed by atoms with Crippen molar-refractivity contribution in [3.8, 4) is 0 Å². The van der Waals surface area contributed by atoms with Crippen LogP contribution in [-0.2, 0) is 9.59 Å². The van der Waals surface area contributed by atoms with Crippen LogP contribution in [0.1, 0.15) is 12.0 Å². The van der Waals surface area contributed by atoms with Gasteiger partial charge >= 0.3 is 0 Å². The highest BCUT2D eigenvalue weighted by Crippen LogP contribution is 2.19. The maximum Gasteiger partial charge on any atom is 0.244 e. The van der Waals surface area contributed by atoms with E-state index < -0.39 is 0 Å². The molecule has 1 N–H and O–H groups in total. The third-order valence-corrected chi connectivity index (χ3v) is 3.81. The van der Waals surface area contributed by atoms with Crippen LogP contribution >= 0.6 is 23.4 Å². The van der Waals surface area contributed by atoms with Crippen LogP contribution in [0.2, 0.25) is 5.02 Å². The second-order valence-corrected chi connectivity index (χ2v) is 5.44. The van der Waals surface area contributed by atoms with Gasteiger partial charge in [-0.15, -0.1) is 0 Å². The van der Waals surface area contributed by atoms with Crippen LogP contribution in [0.4, 0.5) is 0 Å². The van der Waals surface area contributed by atoms with Gasteiger partial charge in [0.2, 0.25) is 11.0 Å². The van der Waals surface area contributed by atoms with Crippen molar-refractivity contribution >= 4 is 40.5 Å². The molecule has 1 aromatic rings. The van der Waals surface area contributed by atoms with Gasteiger partial charge in [0.15, 0.2) is 0 Å². The Bertz CT molecular complexity index is 484. The molecule has 0 bridgehead atoms. The Labute approximate surface area is 115 Å². The van der Waals surface area contributed by atoms with Gasteiger partial charge in [-0.25, -0.2) is 0 Å². The second kappa shape index (κ2) is 6.07. The number of nitrogens with one attached hydrogen (secondary N) is 1. The first-order valence-corrected chi connectivity index (χ1v) is 6.92. The lowest BCUT2D eigenvalue weighted by atomic mass is 10.2. The lowest BCUT2D eigenvalue weighted by Gasteiger charge is -2.06. The summed E-state index contributed by atoms with van der Waals surface area (Å²) >= 11 is 7.03. The maximum absolute atomic E-state index is 11.6. The number of amides is 1. The van der Waals surface area contributed by atoms with E-state index >= 15 is 0 Å². The molecule has 1 aliphatic heterocycles. The first-order chi connectivity index (χ1) is 8.65. The Balaban J connectivity index is 1.90. The SMILES string of the molecule is O=C(/C=C/c1ccc(Cl)cc1)N[C@@H]1CCSC1=O. The van der Waals surface area contributed by atoms with Gasteiger partial charge < -0.3 is 5.32 Å². The van der Waals surface area contributed by atoms with E-state index in [-0.39, 0.29) is 17.1 Å². The van der Waals surface area contributed by atoms with Crippen LogP contribution in [0.5, 0.6) is 0 Å². The van der Waals surface area contributed by atoms with E-state index in [1.165, 1.54) is 17.8 Å². The van der Waals surface area contributed by atoms with E-state index in [2.05, 4.69) is 5.32 Å². The Morgan fingerprint density at radius 1 is 1.39 bits per heavy atom. The molecule has 1 atom stereocenters. The zero-order chi connectivity index (χ0) is 13.0. The summed E-state index contributed by atoms with van der Waals surface area (Å²) in [5.41, 5.74) is 0.890. The van der Waals surface area contributed by atoms with Gasteiger partial charge in [-0.05, 0) is 30.2 Å². The molecule has 18 heavy (non-hydrogen) atoms. The second-order valence-electron chi connectivity index (χ2n) is 3.90. The van der Waals surface area contributed by atoms with Gasteiger partial charge in [-0.3, -0.25) is 9.59 Å². The monoisotopic (exact) mass is 281 g/mol. The molecule has 1 heterocycles. The molecule has 1 aromatic carbocycles. The van der Waals surface area contributed by atoms with Gasteiger partial charge in [-0.2, -0.15) is 0 Å². The van der Waals surface area contributed by atoms with Crippen molar-refractivity contribution in [1.29, 1.82) is 0 Å². The van der Waals surface area contributed by atoms with Gasteiger partial charge in [0.1, 0.15) is 0 Å². The van der Waals surface area contributed by atoms with Crippen molar-refractivity contribution in [1.82, 2.24) is 5.32 Å². The number of hydrogen-bond acceptors (Lipinski definition) is 3. The molecule has 0 radical (unpaired) electrons. The molecular weight excluding hydrogens is 270 g/mol. The van der Waals surface area contributed by atoms with E-state index in [9.17, 15) is 9.59 Å². The molecule has 0 unspecified atom stereocenters. The zero-order valence-corrected chi connectivity index (χ0v) is 11.1. The Hall–Kier alpha value is -1.26. The average molecular weight is 282 g/mol. The van der Waals surface area contributed by atoms with E-state index in [0.717, 1.165) is 11.3 Å². The third kappa shape index (κ3) is 3.62. The molecule has 0 spiro atoms. The van der Waals surface area contributed by atoms with Crippen molar-refractivity contribution in [2.75, 3.05) is 5.75 Å². The number of benzene rings is 1. The van der Waals surface area contributed by atoms with Crippen LogP contribution in [0.3, 0.4) is 0 Å². The minimum atomic E-state index is -0.336. The number of rotatable bonds is 3. The molecule has 0 aliphatic carbocycles. The Morgan fingerprint density at radius 3 is 2.72 bits per heavy atom. The van der Waals surface area contributed by atoms with Crippen LogP contribution in [0.25, 0.3) is 6.08 Å². The summed E-state index contributed by atoms with van der Waals surface area (Å²) in [6, 6.07) is 6.83. The van der Waals surface area contributed by atoms with Gasteiger partial charge in [0.25, 0.3) is 0 Å². The zero-order valence-electron chi connectivity index (χ0n) is 9.56. The van der Waals surface area contributed by atoms with Crippen molar-refractivity contribution < 1.29 is 9.59 Å². The lowest BCUT2D eigenvalue weighted by Crippen LogP contribution is -2.35. The number of carbonyl (C=O) groups excluding carboxylic acids is 2. The minimum absolute atomic E-state index is 0.0447. The fourth-order valence-electron chi connectivity index (χ4n) is 1.59. The molecule has 5 heteroatoms. The van der Waals surface area contributed by atoms with E-state index in [1.54, 1.807) is 18.2 Å². The molecule has 1 fully saturated rings. The smallest absolute Gasteiger partial charge is 0.244 e. The first kappa shape index (κ1) is 13.2. The summed E-state index contributed by atoms with van der Waals surface area (Å²) in [4.78, 5) is 22.9. The molecule has 2 rings (SSSR count). The predicted octanol–water partition coefficient (Wildman–Crippen LogP) is 2.50. The molecule has 0 aromatic heterocycles. The number of hydrogen-bond donors (Lipinski definition) is 1. The summed E-state index contributed by atoms with van der Waals surface area (Å²) in [7, 11) is 0. The summed E-state index contributed by atoms with van der Waals surface area (Å²) in [5.74, 6) is 0.538. The molecule has 1 saturated heterocycles. The van der Waals surface area contributed by atoms with E-state index in [4.69, 9.17) is 11.6 Å². The predicted molar refractivity (Wildman–Crippen MR) is 74.5 cm³/mol. The lowest BCUT2D eigenvalue weighted by molar-refractivity contribution is -0.120. The fourth-order valence-corrected chi connectivity index (χ4v) is 2.65. The van der Waals surface area contributed by atoms with Crippen LogP contribution in [0.15, 0.2) is 30.3 Å². The quantitative estimate of drug-likeness (QED) is 0.866. The van der Waals surface area contributed by atoms with Gasteiger partial charge in [-0.1, -0.05) is 35.5 Å². The summed E-state index contributed by atoms with van der Waals surface area (Å²) in [5, 5.41) is 3.39. The molecule has 3 nitrogen and oxygen atoms in total. The van der Waals surface area contributed by atoms with Gasteiger partial charge in [0.05, 0.1) is 6.04 Å². The highest BCUT2D eigenvalue weighted by molar-refractivity contribution is 8.14. The van der Waals surface area contributed by atoms with E-state index in [0.29, 0.717) is 11.4 Å². The standard InChI is InChI=1S/C13H12ClNO2S/c14-10-4-1-9(2-5-10)3-6-12(16)15-11-7-8-18-13(11)17/h1-6,11H,7-8H2,(H,15,16)/b6-3+/t11-/m1/s1. The van der Waals surface area contributed by atoms with Crippen molar-refractivity contribution in [2.45, 2.75) is 12.5 Å². The van der Waals surface area contributed by atoms with Crippen LogP contribution < -0.4 is 5.32 Å². The normalized spacial score (nSPS) is 19.4. The molecule has 1 amide bonds. The molecule has 0 saturated carbocycles. The number of halogens is 1.